The summed E-state index contributed by atoms with van der Waals surface area (Å²) in [6.45, 7) is 1.41. The van der Waals surface area contributed by atoms with Crippen LogP contribution in [0.1, 0.15) is 16.3 Å². The van der Waals surface area contributed by atoms with E-state index in [4.69, 9.17) is 4.42 Å². The number of nitrogens with one attached hydrogen (secondary N) is 2. The zero-order valence-corrected chi connectivity index (χ0v) is 14.9. The Bertz CT molecular complexity index is 1090. The van der Waals surface area contributed by atoms with Crippen molar-refractivity contribution in [3.8, 4) is 0 Å². The van der Waals surface area contributed by atoms with E-state index < -0.39 is 5.91 Å². The molecule has 28 heavy (non-hydrogen) atoms. The summed E-state index contributed by atoms with van der Waals surface area (Å²) in [5.74, 6) is 0.235. The van der Waals surface area contributed by atoms with Crippen molar-refractivity contribution in [3.05, 3.63) is 82.7 Å². The lowest BCUT2D eigenvalue weighted by atomic mass is 10.2. The lowest BCUT2D eigenvalue weighted by molar-refractivity contribution is 0.0994. The number of carbonyl (C=O) groups excluding carboxylic acids is 2. The van der Waals surface area contributed by atoms with Gasteiger partial charge in [-0.2, -0.15) is 0 Å². The van der Waals surface area contributed by atoms with Crippen molar-refractivity contribution >= 4 is 23.3 Å². The number of rotatable bonds is 5. The molecule has 8 heteroatoms. The number of anilines is 2. The van der Waals surface area contributed by atoms with E-state index in [0.717, 1.165) is 0 Å². The smallest absolute Gasteiger partial charge is 0.321 e. The Morgan fingerprint density at radius 2 is 2.00 bits per heavy atom. The molecule has 0 unspecified atom stereocenters. The number of carbonyl (C=O) groups is 2. The van der Waals surface area contributed by atoms with E-state index in [2.05, 4.69) is 10.6 Å². The first-order valence-electron chi connectivity index (χ1n) is 8.81. The molecule has 3 heterocycles. The fraction of sp³-hybridized carbons (Fsp3) is 0.150. The van der Waals surface area contributed by atoms with Crippen LogP contribution in [-0.4, -0.2) is 29.6 Å². The van der Waals surface area contributed by atoms with Crippen LogP contribution >= 0.6 is 0 Å². The lowest BCUT2D eigenvalue weighted by Gasteiger charge is -2.15. The van der Waals surface area contributed by atoms with Crippen LogP contribution in [0.2, 0.25) is 0 Å². The third-order valence-corrected chi connectivity index (χ3v) is 4.38. The number of pyridine rings is 1. The zero-order chi connectivity index (χ0) is 19.5. The maximum Gasteiger partial charge on any atom is 0.321 e. The van der Waals surface area contributed by atoms with Crippen molar-refractivity contribution in [1.82, 2.24) is 9.88 Å². The minimum absolute atomic E-state index is 0.142. The number of benzene rings is 1. The summed E-state index contributed by atoms with van der Waals surface area (Å²) < 4.78 is 7.07. The zero-order valence-electron chi connectivity index (χ0n) is 14.9. The number of hydrogen-bond acceptors (Lipinski definition) is 4. The van der Waals surface area contributed by atoms with Crippen molar-refractivity contribution in [2.24, 2.45) is 0 Å². The second-order valence-electron chi connectivity index (χ2n) is 6.32. The van der Waals surface area contributed by atoms with Crippen molar-refractivity contribution in [2.45, 2.75) is 6.54 Å². The Kier molecular flexibility index (Phi) is 4.67. The number of hydrogen-bond donors (Lipinski definition) is 2. The lowest BCUT2D eigenvalue weighted by Crippen LogP contribution is -2.27. The fourth-order valence-electron chi connectivity index (χ4n) is 3.01. The molecule has 0 spiro atoms. The first-order chi connectivity index (χ1) is 13.6. The number of nitrogens with zero attached hydrogens (tertiary/aromatic N) is 2. The van der Waals surface area contributed by atoms with Gasteiger partial charge in [-0.25, -0.2) is 4.79 Å². The molecule has 1 aliphatic rings. The Morgan fingerprint density at radius 3 is 2.79 bits per heavy atom. The Morgan fingerprint density at radius 1 is 1.11 bits per heavy atom. The average Bonchev–Trinajstić information content (AvgIpc) is 3.33. The van der Waals surface area contributed by atoms with E-state index in [0.29, 0.717) is 30.2 Å². The third kappa shape index (κ3) is 3.66. The molecule has 1 fully saturated rings. The Balaban J connectivity index is 1.46. The highest BCUT2D eigenvalue weighted by Gasteiger charge is 2.21. The van der Waals surface area contributed by atoms with Crippen LogP contribution in [0.4, 0.5) is 16.2 Å². The van der Waals surface area contributed by atoms with E-state index in [1.54, 1.807) is 53.6 Å². The largest absolute Gasteiger partial charge is 0.454 e. The predicted octanol–water partition coefficient (Wildman–Crippen LogP) is 2.27. The summed E-state index contributed by atoms with van der Waals surface area (Å²) in [6.07, 6.45) is 1.66. The van der Waals surface area contributed by atoms with E-state index in [9.17, 15) is 14.4 Å². The van der Waals surface area contributed by atoms with Crippen LogP contribution in [0.3, 0.4) is 0 Å². The maximum absolute atomic E-state index is 12.5. The second kappa shape index (κ2) is 7.43. The summed E-state index contributed by atoms with van der Waals surface area (Å²) in [5, 5.41) is 5.51. The molecule has 1 saturated heterocycles. The fourth-order valence-corrected chi connectivity index (χ4v) is 3.01. The number of amides is 3. The third-order valence-electron chi connectivity index (χ3n) is 4.38. The number of urea groups is 1. The monoisotopic (exact) mass is 378 g/mol. The minimum Gasteiger partial charge on any atom is -0.454 e. The van der Waals surface area contributed by atoms with E-state index in [-0.39, 0.29) is 23.9 Å². The molecule has 3 amide bonds. The van der Waals surface area contributed by atoms with Crippen LogP contribution in [-0.2, 0) is 6.54 Å². The summed E-state index contributed by atoms with van der Waals surface area (Å²) in [5.41, 5.74) is 1.11. The molecule has 1 aliphatic heterocycles. The van der Waals surface area contributed by atoms with Gasteiger partial charge in [0, 0.05) is 36.7 Å². The molecule has 1 aromatic carbocycles. The maximum atomic E-state index is 12.5. The molecule has 0 bridgehead atoms. The first kappa shape index (κ1) is 17.6. The van der Waals surface area contributed by atoms with E-state index in [1.165, 1.54) is 10.6 Å². The molecule has 0 radical (unpaired) electrons. The van der Waals surface area contributed by atoms with Gasteiger partial charge in [-0.05, 0) is 36.4 Å². The van der Waals surface area contributed by atoms with Gasteiger partial charge < -0.3 is 19.6 Å². The molecule has 2 aromatic heterocycles. The van der Waals surface area contributed by atoms with Gasteiger partial charge in [0.25, 0.3) is 11.5 Å². The van der Waals surface area contributed by atoms with Crippen LogP contribution in [0.15, 0.2) is 70.0 Å². The predicted molar refractivity (Wildman–Crippen MR) is 104 cm³/mol. The summed E-state index contributed by atoms with van der Waals surface area (Å²) in [7, 11) is 0. The molecule has 2 N–H and O–H groups in total. The van der Waals surface area contributed by atoms with Gasteiger partial charge >= 0.3 is 6.03 Å². The molecular formula is C20H18N4O4. The highest BCUT2D eigenvalue weighted by molar-refractivity contribution is 6.03. The molecule has 0 atom stereocenters. The molecule has 0 saturated carbocycles. The first-order valence-corrected chi connectivity index (χ1v) is 8.81. The van der Waals surface area contributed by atoms with E-state index in [1.807, 2.05) is 6.07 Å². The van der Waals surface area contributed by atoms with Gasteiger partial charge in [-0.1, -0.05) is 12.1 Å². The van der Waals surface area contributed by atoms with Crippen molar-refractivity contribution in [2.75, 3.05) is 23.3 Å². The highest BCUT2D eigenvalue weighted by atomic mass is 16.4. The van der Waals surface area contributed by atoms with Crippen LogP contribution in [0.25, 0.3) is 0 Å². The van der Waals surface area contributed by atoms with E-state index >= 15 is 0 Å². The SMILES string of the molecule is O=C(Nc1cccc(N2CCNC2=O)c1)c1ccc(Cn2ccccc2=O)o1. The summed E-state index contributed by atoms with van der Waals surface area (Å²) in [6, 6.07) is 15.0. The van der Waals surface area contributed by atoms with Crippen molar-refractivity contribution in [1.29, 1.82) is 0 Å². The van der Waals surface area contributed by atoms with Gasteiger partial charge in [0.2, 0.25) is 0 Å². The molecule has 142 valence electrons. The number of aromatic nitrogens is 1. The summed E-state index contributed by atoms with van der Waals surface area (Å²) >= 11 is 0. The van der Waals surface area contributed by atoms with Crippen LogP contribution in [0.5, 0.6) is 0 Å². The normalized spacial score (nSPS) is 13.4. The molecule has 8 nitrogen and oxygen atoms in total. The topological polar surface area (TPSA) is 96.6 Å². The Labute approximate surface area is 160 Å². The van der Waals surface area contributed by atoms with Gasteiger partial charge in [0.15, 0.2) is 5.76 Å². The van der Waals surface area contributed by atoms with Crippen LogP contribution < -0.4 is 21.1 Å². The second-order valence-corrected chi connectivity index (χ2v) is 6.32. The van der Waals surface area contributed by atoms with Gasteiger partial charge in [-0.15, -0.1) is 0 Å². The standard InChI is InChI=1S/C20H18N4O4/c25-18-6-1-2-10-23(18)13-16-7-8-17(28-16)19(26)22-14-4-3-5-15(12-14)24-11-9-21-20(24)27/h1-8,10,12H,9,11,13H2,(H,21,27)(H,22,26). The average molecular weight is 378 g/mol. The van der Waals surface area contributed by atoms with Gasteiger partial charge in [0.1, 0.15) is 5.76 Å². The molecule has 3 aromatic rings. The summed E-state index contributed by atoms with van der Waals surface area (Å²) in [4.78, 5) is 37.7. The molecule has 0 aliphatic carbocycles. The van der Waals surface area contributed by atoms with Crippen LogP contribution in [0, 0.1) is 0 Å². The quantitative estimate of drug-likeness (QED) is 0.712. The minimum atomic E-state index is -0.408. The van der Waals surface area contributed by atoms with Crippen molar-refractivity contribution < 1.29 is 14.0 Å². The van der Waals surface area contributed by atoms with Gasteiger partial charge in [0.05, 0.1) is 6.54 Å². The van der Waals surface area contributed by atoms with Gasteiger partial charge in [-0.3, -0.25) is 14.5 Å². The highest BCUT2D eigenvalue weighted by Crippen LogP contribution is 2.21. The molecular weight excluding hydrogens is 360 g/mol. The number of furan rings is 1. The Hall–Kier alpha value is -3.81. The van der Waals surface area contributed by atoms with Crippen molar-refractivity contribution in [3.63, 3.8) is 0 Å². The molecule has 4 rings (SSSR count).